The van der Waals surface area contributed by atoms with Crippen LogP contribution in [0.2, 0.25) is 0 Å². The van der Waals surface area contributed by atoms with E-state index >= 15 is 0 Å². The second-order valence-electron chi connectivity index (χ2n) is 7.12. The van der Waals surface area contributed by atoms with Gasteiger partial charge in [0.25, 0.3) is 0 Å². The fraction of sp³-hybridized carbons (Fsp3) is 0.867. The molecule has 20 heavy (non-hydrogen) atoms. The zero-order valence-electron chi connectivity index (χ0n) is 12.5. The van der Waals surface area contributed by atoms with Crippen molar-refractivity contribution < 1.29 is 14.7 Å². The predicted molar refractivity (Wildman–Crippen MR) is 76.5 cm³/mol. The van der Waals surface area contributed by atoms with Gasteiger partial charge >= 0.3 is 12.0 Å². The maximum Gasteiger partial charge on any atom is 0.323 e. The zero-order valence-corrected chi connectivity index (χ0v) is 12.5. The van der Waals surface area contributed by atoms with Crippen LogP contribution >= 0.6 is 0 Å². The lowest BCUT2D eigenvalue weighted by Crippen LogP contribution is -2.49. The van der Waals surface area contributed by atoms with Crippen molar-refractivity contribution in [2.24, 2.45) is 11.3 Å². The van der Waals surface area contributed by atoms with Crippen molar-refractivity contribution in [3.8, 4) is 0 Å². The molecular weight excluding hydrogens is 256 g/mol. The van der Waals surface area contributed by atoms with Crippen LogP contribution in [0, 0.1) is 11.3 Å². The number of nitrogens with one attached hydrogen (secondary N) is 1. The van der Waals surface area contributed by atoms with Crippen LogP contribution in [-0.2, 0) is 4.79 Å². The van der Waals surface area contributed by atoms with Gasteiger partial charge in [-0.15, -0.1) is 0 Å². The lowest BCUT2D eigenvalue weighted by molar-refractivity contribution is -0.137. The number of urea groups is 1. The number of rotatable bonds is 5. The molecule has 0 aliphatic heterocycles. The van der Waals surface area contributed by atoms with Crippen molar-refractivity contribution in [1.82, 2.24) is 10.2 Å². The first kappa shape index (κ1) is 15.1. The smallest absolute Gasteiger partial charge is 0.323 e. The lowest BCUT2D eigenvalue weighted by atomic mass is 9.75. The third-order valence-corrected chi connectivity index (χ3v) is 4.32. The Labute approximate surface area is 120 Å². The molecule has 0 saturated heterocycles. The van der Waals surface area contributed by atoms with Crippen molar-refractivity contribution in [1.29, 1.82) is 0 Å². The molecule has 0 aromatic carbocycles. The van der Waals surface area contributed by atoms with Gasteiger partial charge in [0, 0.05) is 12.6 Å². The van der Waals surface area contributed by atoms with E-state index in [4.69, 9.17) is 5.11 Å². The zero-order chi connectivity index (χ0) is 14.8. The largest absolute Gasteiger partial charge is 0.480 e. The van der Waals surface area contributed by atoms with E-state index in [0.717, 1.165) is 32.1 Å². The van der Waals surface area contributed by atoms with E-state index in [-0.39, 0.29) is 24.0 Å². The van der Waals surface area contributed by atoms with Crippen LogP contribution in [-0.4, -0.2) is 41.1 Å². The molecule has 0 bridgehead atoms. The summed E-state index contributed by atoms with van der Waals surface area (Å²) in [6, 6.07) is -0.0243. The first-order valence-electron chi connectivity index (χ1n) is 7.63. The molecule has 0 heterocycles. The summed E-state index contributed by atoms with van der Waals surface area (Å²) in [5.74, 6) is -0.437. The summed E-state index contributed by atoms with van der Waals surface area (Å²) in [7, 11) is 0. The number of carboxylic acid groups (broad SMARTS) is 1. The minimum Gasteiger partial charge on any atom is -0.480 e. The van der Waals surface area contributed by atoms with Crippen molar-refractivity contribution in [3.05, 3.63) is 0 Å². The molecule has 0 aromatic heterocycles. The molecule has 2 saturated carbocycles. The molecule has 2 amide bonds. The molecule has 2 aliphatic carbocycles. The predicted octanol–water partition coefficient (Wildman–Crippen LogP) is 2.46. The Morgan fingerprint density at radius 3 is 2.55 bits per heavy atom. The number of carbonyl (C=O) groups excluding carboxylic acids is 1. The molecule has 1 unspecified atom stereocenters. The van der Waals surface area contributed by atoms with Crippen LogP contribution in [0.15, 0.2) is 0 Å². The van der Waals surface area contributed by atoms with Crippen LogP contribution in [0.5, 0.6) is 0 Å². The van der Waals surface area contributed by atoms with Crippen LogP contribution < -0.4 is 5.32 Å². The lowest BCUT2D eigenvalue weighted by Gasteiger charge is -2.36. The van der Waals surface area contributed by atoms with Gasteiger partial charge in [-0.1, -0.05) is 20.3 Å². The molecule has 2 N–H and O–H groups in total. The van der Waals surface area contributed by atoms with Crippen LogP contribution in [0.1, 0.15) is 52.4 Å². The highest BCUT2D eigenvalue weighted by Crippen LogP contribution is 2.35. The summed E-state index contributed by atoms with van der Waals surface area (Å²) in [6.45, 7) is 4.84. The number of nitrogens with zero attached hydrogens (tertiary/aromatic N) is 1. The molecule has 2 rings (SSSR count). The Bertz CT molecular complexity index is 377. The fourth-order valence-electron chi connectivity index (χ4n) is 3.08. The summed E-state index contributed by atoms with van der Waals surface area (Å²) in [5, 5.41) is 12.0. The van der Waals surface area contributed by atoms with Gasteiger partial charge < -0.3 is 15.3 Å². The summed E-state index contributed by atoms with van der Waals surface area (Å²) in [5.41, 5.74) is 0.268. The molecule has 5 nitrogen and oxygen atoms in total. The quantitative estimate of drug-likeness (QED) is 0.813. The molecule has 2 aliphatic rings. The van der Waals surface area contributed by atoms with E-state index < -0.39 is 5.97 Å². The van der Waals surface area contributed by atoms with Gasteiger partial charge in [0.1, 0.15) is 6.54 Å². The molecule has 0 spiro atoms. The first-order chi connectivity index (χ1) is 9.35. The molecule has 0 radical (unpaired) electrons. The van der Waals surface area contributed by atoms with Crippen LogP contribution in [0.3, 0.4) is 0 Å². The number of amides is 2. The average molecular weight is 282 g/mol. The number of carboxylic acids is 1. The summed E-state index contributed by atoms with van der Waals surface area (Å²) < 4.78 is 0. The van der Waals surface area contributed by atoms with Crippen molar-refractivity contribution in [3.63, 3.8) is 0 Å². The summed E-state index contributed by atoms with van der Waals surface area (Å²) in [4.78, 5) is 24.6. The Balaban J connectivity index is 1.87. The number of carbonyl (C=O) groups is 2. The summed E-state index contributed by atoms with van der Waals surface area (Å²) in [6.07, 6.45) is 6.52. The SMILES string of the molecule is CC1(C)CCCC(NC(=O)N(CC(=O)O)CC2CC2)C1. The van der Waals surface area contributed by atoms with Gasteiger partial charge in [-0.25, -0.2) is 4.79 Å². The van der Waals surface area contributed by atoms with Crippen molar-refractivity contribution in [2.45, 2.75) is 58.4 Å². The highest BCUT2D eigenvalue weighted by Gasteiger charge is 2.32. The van der Waals surface area contributed by atoms with Gasteiger partial charge in [-0.3, -0.25) is 4.79 Å². The van der Waals surface area contributed by atoms with Gasteiger partial charge in [0.15, 0.2) is 0 Å². The second-order valence-corrected chi connectivity index (χ2v) is 7.12. The van der Waals surface area contributed by atoms with Crippen LogP contribution in [0.25, 0.3) is 0 Å². The van der Waals surface area contributed by atoms with Gasteiger partial charge in [-0.05, 0) is 43.4 Å². The second kappa shape index (κ2) is 6.02. The Morgan fingerprint density at radius 1 is 1.30 bits per heavy atom. The Morgan fingerprint density at radius 2 is 2.00 bits per heavy atom. The van der Waals surface area contributed by atoms with E-state index in [1.807, 2.05) is 0 Å². The molecule has 2 fully saturated rings. The maximum atomic E-state index is 12.3. The van der Waals surface area contributed by atoms with Crippen molar-refractivity contribution >= 4 is 12.0 Å². The minimum absolute atomic E-state index is 0.182. The number of hydrogen-bond donors (Lipinski definition) is 2. The number of hydrogen-bond acceptors (Lipinski definition) is 2. The van der Waals surface area contributed by atoms with Crippen LogP contribution in [0.4, 0.5) is 4.79 Å². The molecular formula is C15H26N2O3. The Hall–Kier alpha value is -1.26. The highest BCUT2D eigenvalue weighted by molar-refractivity contribution is 5.80. The number of aliphatic carboxylic acids is 1. The standard InChI is InChI=1S/C15H26N2O3/c1-15(2)7-3-4-12(8-15)16-14(20)17(10-13(18)19)9-11-5-6-11/h11-12H,3-10H2,1-2H3,(H,16,20)(H,18,19). The first-order valence-corrected chi connectivity index (χ1v) is 7.63. The Kier molecular flexibility index (Phi) is 4.55. The van der Waals surface area contributed by atoms with E-state index in [0.29, 0.717) is 12.5 Å². The molecule has 1 atom stereocenters. The summed E-state index contributed by atoms with van der Waals surface area (Å²) >= 11 is 0. The highest BCUT2D eigenvalue weighted by atomic mass is 16.4. The third-order valence-electron chi connectivity index (χ3n) is 4.32. The molecule has 114 valence electrons. The average Bonchev–Trinajstić information content (AvgIpc) is 3.10. The topological polar surface area (TPSA) is 69.6 Å². The van der Waals surface area contributed by atoms with E-state index in [1.54, 1.807) is 0 Å². The van der Waals surface area contributed by atoms with E-state index in [2.05, 4.69) is 19.2 Å². The normalized spacial score (nSPS) is 25.0. The van der Waals surface area contributed by atoms with Gasteiger partial charge in [0.2, 0.25) is 0 Å². The van der Waals surface area contributed by atoms with Gasteiger partial charge in [0.05, 0.1) is 0 Å². The maximum absolute atomic E-state index is 12.3. The van der Waals surface area contributed by atoms with Crippen molar-refractivity contribution in [2.75, 3.05) is 13.1 Å². The van der Waals surface area contributed by atoms with Gasteiger partial charge in [-0.2, -0.15) is 0 Å². The molecule has 5 heteroatoms. The fourth-order valence-corrected chi connectivity index (χ4v) is 3.08. The van der Waals surface area contributed by atoms with E-state index in [9.17, 15) is 9.59 Å². The monoisotopic (exact) mass is 282 g/mol. The minimum atomic E-state index is -0.940. The van der Waals surface area contributed by atoms with E-state index in [1.165, 1.54) is 11.3 Å². The third kappa shape index (κ3) is 4.69. The molecule has 0 aromatic rings.